The smallest absolute Gasteiger partial charge is 0.308 e. The van der Waals surface area contributed by atoms with Crippen molar-refractivity contribution in [1.29, 1.82) is 0 Å². The first-order chi connectivity index (χ1) is 12.7. The van der Waals surface area contributed by atoms with Crippen LogP contribution in [0.4, 0.5) is 0 Å². The Morgan fingerprint density at radius 3 is 2.31 bits per heavy atom. The van der Waals surface area contributed by atoms with Gasteiger partial charge in [0.2, 0.25) is 0 Å². The summed E-state index contributed by atoms with van der Waals surface area (Å²) in [4.78, 5) is 15.9. The molecule has 26 heavy (non-hydrogen) atoms. The monoisotopic (exact) mass is 337 g/mol. The Balaban J connectivity index is 1.88. The summed E-state index contributed by atoms with van der Waals surface area (Å²) >= 11 is 0. The topological polar surface area (TPSA) is 39.2 Å². The molecule has 0 amide bonds. The van der Waals surface area contributed by atoms with Gasteiger partial charge in [-0.25, -0.2) is 0 Å². The van der Waals surface area contributed by atoms with Gasteiger partial charge in [-0.05, 0) is 51.2 Å². The van der Waals surface area contributed by atoms with Crippen LogP contribution < -0.4 is 4.74 Å². The minimum Gasteiger partial charge on any atom is -0.426 e. The van der Waals surface area contributed by atoms with E-state index < -0.39 is 0 Å². The predicted octanol–water partition coefficient (Wildman–Crippen LogP) is 5.62. The molecule has 0 spiro atoms. The molecule has 0 radical (unpaired) electrons. The number of carbonyl (C=O) groups is 1. The zero-order chi connectivity index (χ0) is 17.7. The van der Waals surface area contributed by atoms with Gasteiger partial charge in [-0.15, -0.1) is 0 Å². The second-order valence-electron chi connectivity index (χ2n) is 6.45. The second kappa shape index (κ2) is 5.53. The van der Waals surface area contributed by atoms with Gasteiger partial charge < -0.3 is 4.74 Å². The molecule has 0 N–H and O–H groups in total. The summed E-state index contributed by atoms with van der Waals surface area (Å²) in [6.45, 7) is 1.41. The molecule has 4 aromatic carbocycles. The van der Waals surface area contributed by atoms with Crippen LogP contribution in [0.2, 0.25) is 0 Å². The summed E-state index contributed by atoms with van der Waals surface area (Å²) in [5.41, 5.74) is 0.844. The molecule has 0 saturated heterocycles. The van der Waals surface area contributed by atoms with Gasteiger partial charge in [-0.2, -0.15) is 0 Å². The summed E-state index contributed by atoms with van der Waals surface area (Å²) in [5, 5.41) is 7.89. The van der Waals surface area contributed by atoms with E-state index >= 15 is 0 Å². The molecule has 0 aliphatic rings. The minimum atomic E-state index is -0.331. The number of fused-ring (bicyclic) bond motifs is 6. The average molecular weight is 337 g/mol. The first-order valence-corrected chi connectivity index (χ1v) is 8.52. The molecule has 0 saturated carbocycles. The summed E-state index contributed by atoms with van der Waals surface area (Å²) in [6, 6.07) is 22.8. The number of benzene rings is 4. The number of hydrogen-bond donors (Lipinski definition) is 0. The normalized spacial score (nSPS) is 11.4. The van der Waals surface area contributed by atoms with Crippen LogP contribution in [0.5, 0.6) is 5.75 Å². The highest BCUT2D eigenvalue weighted by molar-refractivity contribution is 6.18. The molecular weight excluding hydrogens is 322 g/mol. The molecule has 3 heteroatoms. The van der Waals surface area contributed by atoms with Crippen molar-refractivity contribution in [2.75, 3.05) is 0 Å². The van der Waals surface area contributed by atoms with Crippen molar-refractivity contribution in [1.82, 2.24) is 4.98 Å². The van der Waals surface area contributed by atoms with E-state index in [0.717, 1.165) is 21.7 Å². The maximum Gasteiger partial charge on any atom is 0.308 e. The lowest BCUT2D eigenvalue weighted by molar-refractivity contribution is -0.131. The standard InChI is InChI=1S/C23H15NO2/c1-14(25)26-22-10-11-24-23-19-7-6-17-12-15-4-2-3-5-16(15)13-21(17)18(19)8-9-20(22)23/h2-13H,1H3. The fourth-order valence-electron chi connectivity index (χ4n) is 3.66. The van der Waals surface area contributed by atoms with Gasteiger partial charge >= 0.3 is 5.97 Å². The van der Waals surface area contributed by atoms with E-state index in [1.165, 1.54) is 28.5 Å². The number of esters is 1. The fourth-order valence-corrected chi connectivity index (χ4v) is 3.66. The summed E-state index contributed by atoms with van der Waals surface area (Å²) < 4.78 is 5.34. The summed E-state index contributed by atoms with van der Waals surface area (Å²) in [7, 11) is 0. The maximum absolute atomic E-state index is 11.4. The zero-order valence-electron chi connectivity index (χ0n) is 14.2. The maximum atomic E-state index is 11.4. The lowest BCUT2D eigenvalue weighted by Crippen LogP contribution is -2.02. The van der Waals surface area contributed by atoms with Crippen molar-refractivity contribution in [3.05, 3.63) is 72.9 Å². The van der Waals surface area contributed by atoms with Gasteiger partial charge in [-0.3, -0.25) is 9.78 Å². The molecule has 124 valence electrons. The van der Waals surface area contributed by atoms with Crippen LogP contribution >= 0.6 is 0 Å². The third kappa shape index (κ3) is 2.21. The Morgan fingerprint density at radius 1 is 0.769 bits per heavy atom. The fraction of sp³-hybridized carbons (Fsp3) is 0.0435. The zero-order valence-corrected chi connectivity index (χ0v) is 14.2. The predicted molar refractivity (Wildman–Crippen MR) is 106 cm³/mol. The van der Waals surface area contributed by atoms with Crippen molar-refractivity contribution in [3.63, 3.8) is 0 Å². The number of hydrogen-bond acceptors (Lipinski definition) is 3. The molecule has 0 aliphatic heterocycles. The van der Waals surface area contributed by atoms with Crippen LogP contribution in [0, 0.1) is 0 Å². The first-order valence-electron chi connectivity index (χ1n) is 8.52. The Labute approximate surface area is 149 Å². The van der Waals surface area contributed by atoms with Crippen LogP contribution in [0.3, 0.4) is 0 Å². The lowest BCUT2D eigenvalue weighted by atomic mass is 9.96. The molecule has 5 rings (SSSR count). The van der Waals surface area contributed by atoms with Crippen molar-refractivity contribution in [2.24, 2.45) is 0 Å². The van der Waals surface area contributed by atoms with Gasteiger partial charge in [0.25, 0.3) is 0 Å². The molecule has 0 unspecified atom stereocenters. The van der Waals surface area contributed by atoms with Crippen molar-refractivity contribution in [2.45, 2.75) is 6.92 Å². The number of nitrogens with zero attached hydrogens (tertiary/aromatic N) is 1. The highest BCUT2D eigenvalue weighted by Gasteiger charge is 2.11. The molecule has 1 aromatic heterocycles. The van der Waals surface area contributed by atoms with Gasteiger partial charge in [0.1, 0.15) is 5.75 Å². The van der Waals surface area contributed by atoms with Crippen LogP contribution in [-0.4, -0.2) is 11.0 Å². The van der Waals surface area contributed by atoms with Crippen LogP contribution in [0.25, 0.3) is 43.2 Å². The molecule has 0 atom stereocenters. The van der Waals surface area contributed by atoms with E-state index in [0.29, 0.717) is 5.75 Å². The van der Waals surface area contributed by atoms with E-state index in [1.54, 1.807) is 12.3 Å². The quantitative estimate of drug-likeness (QED) is 0.226. The minimum absolute atomic E-state index is 0.331. The highest BCUT2D eigenvalue weighted by Crippen LogP contribution is 2.35. The van der Waals surface area contributed by atoms with Gasteiger partial charge in [-0.1, -0.05) is 42.5 Å². The third-order valence-corrected chi connectivity index (χ3v) is 4.80. The van der Waals surface area contributed by atoms with Gasteiger partial charge in [0, 0.05) is 23.9 Å². The van der Waals surface area contributed by atoms with Crippen LogP contribution in [-0.2, 0) is 4.79 Å². The number of rotatable bonds is 1. The van der Waals surface area contributed by atoms with Gasteiger partial charge in [0.15, 0.2) is 0 Å². The highest BCUT2D eigenvalue weighted by atomic mass is 16.5. The molecule has 5 aromatic rings. The molecule has 0 bridgehead atoms. The SMILES string of the molecule is CC(=O)Oc1ccnc2c1ccc1c3cc4ccccc4cc3ccc12. The number of aromatic nitrogens is 1. The molecule has 0 fully saturated rings. The lowest BCUT2D eigenvalue weighted by Gasteiger charge is -2.10. The second-order valence-corrected chi connectivity index (χ2v) is 6.45. The van der Waals surface area contributed by atoms with E-state index in [4.69, 9.17) is 4.74 Å². The Hall–Kier alpha value is -3.46. The van der Waals surface area contributed by atoms with Crippen LogP contribution in [0.1, 0.15) is 6.92 Å². The van der Waals surface area contributed by atoms with E-state index in [-0.39, 0.29) is 5.97 Å². The average Bonchev–Trinajstić information content (AvgIpc) is 2.65. The van der Waals surface area contributed by atoms with E-state index in [1.807, 2.05) is 6.07 Å². The Morgan fingerprint density at radius 2 is 1.50 bits per heavy atom. The van der Waals surface area contributed by atoms with Crippen molar-refractivity contribution in [3.8, 4) is 5.75 Å². The summed E-state index contributed by atoms with van der Waals surface area (Å²) in [5.74, 6) is 0.214. The molecule has 1 heterocycles. The Kier molecular flexibility index (Phi) is 3.16. The van der Waals surface area contributed by atoms with Crippen molar-refractivity contribution < 1.29 is 9.53 Å². The molecule has 0 aliphatic carbocycles. The van der Waals surface area contributed by atoms with Gasteiger partial charge in [0.05, 0.1) is 5.52 Å². The molecular formula is C23H15NO2. The van der Waals surface area contributed by atoms with E-state index in [9.17, 15) is 4.79 Å². The largest absolute Gasteiger partial charge is 0.426 e. The third-order valence-electron chi connectivity index (χ3n) is 4.80. The molecule has 3 nitrogen and oxygen atoms in total. The van der Waals surface area contributed by atoms with Crippen molar-refractivity contribution >= 4 is 49.2 Å². The van der Waals surface area contributed by atoms with Crippen LogP contribution in [0.15, 0.2) is 72.9 Å². The number of pyridine rings is 1. The number of carbonyl (C=O) groups excluding carboxylic acids is 1. The summed E-state index contributed by atoms with van der Waals surface area (Å²) in [6.07, 6.45) is 1.69. The Bertz CT molecular complexity index is 1340. The number of ether oxygens (including phenoxy) is 1. The van der Waals surface area contributed by atoms with E-state index in [2.05, 4.69) is 59.6 Å². The first kappa shape index (κ1) is 14.8.